The highest BCUT2D eigenvalue weighted by atomic mass is 19.1. The summed E-state index contributed by atoms with van der Waals surface area (Å²) in [5.74, 6) is -2.27. The minimum absolute atomic E-state index is 0.0860. The quantitative estimate of drug-likeness (QED) is 0.384. The molecule has 2 heterocycles. The number of ketones is 1. The third-order valence-electron chi connectivity index (χ3n) is 6.90. The second-order valence-corrected chi connectivity index (χ2v) is 8.68. The Balaban J connectivity index is 1.81. The van der Waals surface area contributed by atoms with Crippen molar-refractivity contribution >= 4 is 23.5 Å². The zero-order valence-corrected chi connectivity index (χ0v) is 19.1. The number of anilines is 1. The minimum Gasteiger partial charge on any atom is -0.465 e. The summed E-state index contributed by atoms with van der Waals surface area (Å²) in [7, 11) is 0. The predicted molar refractivity (Wildman–Crippen MR) is 130 cm³/mol. The highest BCUT2D eigenvalue weighted by Gasteiger charge is 2.67. The van der Waals surface area contributed by atoms with E-state index in [2.05, 4.69) is 6.07 Å². The van der Waals surface area contributed by atoms with E-state index >= 15 is 0 Å². The Morgan fingerprint density at radius 3 is 2.40 bits per heavy atom. The van der Waals surface area contributed by atoms with Gasteiger partial charge in [-0.15, -0.1) is 0 Å². The molecule has 6 heteroatoms. The van der Waals surface area contributed by atoms with Crippen LogP contribution in [-0.4, -0.2) is 30.4 Å². The van der Waals surface area contributed by atoms with Crippen molar-refractivity contribution in [3.05, 3.63) is 107 Å². The fourth-order valence-electron chi connectivity index (χ4n) is 5.43. The van der Waals surface area contributed by atoms with Crippen molar-refractivity contribution in [2.24, 2.45) is 5.41 Å². The van der Waals surface area contributed by atoms with Crippen molar-refractivity contribution in [1.82, 2.24) is 0 Å². The Labute approximate surface area is 203 Å². The Morgan fingerprint density at radius 2 is 1.71 bits per heavy atom. The summed E-state index contributed by atoms with van der Waals surface area (Å²) in [6.07, 6.45) is 3.68. The summed E-state index contributed by atoms with van der Waals surface area (Å²) >= 11 is 0. The van der Waals surface area contributed by atoms with E-state index in [1.54, 1.807) is 49.4 Å². The SMILES string of the molecule is CCOC(=O)[C@]1(C#N)[C@H](c2ccc(F)cc2)[C@@H](C(=O)c2ccccc2)N2c3ccccc3C=C[C@@H]21. The number of carbonyl (C=O) groups excluding carboxylic acids is 2. The summed E-state index contributed by atoms with van der Waals surface area (Å²) in [5.41, 5.74) is 0.893. The van der Waals surface area contributed by atoms with Crippen LogP contribution >= 0.6 is 0 Å². The molecule has 5 rings (SSSR count). The number of carbonyl (C=O) groups is 2. The molecule has 0 radical (unpaired) electrons. The summed E-state index contributed by atoms with van der Waals surface area (Å²) < 4.78 is 19.4. The maximum absolute atomic E-state index is 14.1. The second kappa shape index (κ2) is 8.84. The van der Waals surface area contributed by atoms with Crippen LogP contribution < -0.4 is 4.90 Å². The van der Waals surface area contributed by atoms with Gasteiger partial charge in [-0.2, -0.15) is 5.26 Å². The number of hydrogen-bond acceptors (Lipinski definition) is 5. The average Bonchev–Trinajstić information content (AvgIpc) is 3.21. The first kappa shape index (κ1) is 22.5. The van der Waals surface area contributed by atoms with Gasteiger partial charge in [0.05, 0.1) is 18.7 Å². The number of hydrogen-bond donors (Lipinski definition) is 0. The van der Waals surface area contributed by atoms with Crippen molar-refractivity contribution in [2.75, 3.05) is 11.5 Å². The Morgan fingerprint density at radius 1 is 1.03 bits per heavy atom. The van der Waals surface area contributed by atoms with E-state index in [0.717, 1.165) is 11.3 Å². The van der Waals surface area contributed by atoms with Gasteiger partial charge in [-0.25, -0.2) is 4.39 Å². The lowest BCUT2D eigenvalue weighted by Gasteiger charge is -2.36. The Hall–Kier alpha value is -4.24. The van der Waals surface area contributed by atoms with Gasteiger partial charge in [0.25, 0.3) is 0 Å². The third kappa shape index (κ3) is 3.43. The van der Waals surface area contributed by atoms with Gasteiger partial charge in [0.2, 0.25) is 0 Å². The molecule has 0 aromatic heterocycles. The molecule has 1 saturated heterocycles. The number of para-hydroxylation sites is 1. The normalized spacial score (nSPS) is 24.3. The van der Waals surface area contributed by atoms with Gasteiger partial charge in [-0.05, 0) is 36.2 Å². The van der Waals surface area contributed by atoms with Crippen molar-refractivity contribution in [3.63, 3.8) is 0 Å². The molecule has 3 aromatic rings. The number of esters is 1. The summed E-state index contributed by atoms with van der Waals surface area (Å²) in [6.45, 7) is 1.77. The largest absolute Gasteiger partial charge is 0.465 e. The number of halogens is 1. The molecule has 3 aromatic carbocycles. The zero-order valence-electron chi connectivity index (χ0n) is 19.1. The first-order valence-corrected chi connectivity index (χ1v) is 11.5. The van der Waals surface area contributed by atoms with Crippen LogP contribution in [-0.2, 0) is 9.53 Å². The van der Waals surface area contributed by atoms with E-state index < -0.39 is 35.2 Å². The highest BCUT2D eigenvalue weighted by Crippen LogP contribution is 2.56. The molecular weight excluding hydrogens is 443 g/mol. The molecular formula is C29H23FN2O3. The molecule has 2 aliphatic heterocycles. The molecule has 0 amide bonds. The number of nitriles is 1. The topological polar surface area (TPSA) is 70.4 Å². The van der Waals surface area contributed by atoms with E-state index in [4.69, 9.17) is 4.74 Å². The van der Waals surface area contributed by atoms with Crippen LogP contribution in [0, 0.1) is 22.6 Å². The number of fused-ring (bicyclic) bond motifs is 3. The molecule has 0 N–H and O–H groups in total. The molecule has 0 saturated carbocycles. The molecule has 5 nitrogen and oxygen atoms in total. The molecule has 2 aliphatic rings. The monoisotopic (exact) mass is 466 g/mol. The van der Waals surface area contributed by atoms with Gasteiger partial charge in [0.1, 0.15) is 11.9 Å². The first-order chi connectivity index (χ1) is 17.0. The van der Waals surface area contributed by atoms with Crippen LogP contribution in [0.4, 0.5) is 10.1 Å². The number of ether oxygens (including phenoxy) is 1. The maximum Gasteiger partial charge on any atom is 0.329 e. The van der Waals surface area contributed by atoms with E-state index in [1.165, 1.54) is 12.1 Å². The molecule has 174 valence electrons. The number of benzene rings is 3. The van der Waals surface area contributed by atoms with Crippen LogP contribution in [0.1, 0.15) is 34.3 Å². The van der Waals surface area contributed by atoms with Crippen LogP contribution in [0.2, 0.25) is 0 Å². The van der Waals surface area contributed by atoms with Gasteiger partial charge >= 0.3 is 5.97 Å². The predicted octanol–water partition coefficient (Wildman–Crippen LogP) is 5.15. The van der Waals surface area contributed by atoms with E-state index in [1.807, 2.05) is 41.3 Å². The van der Waals surface area contributed by atoms with Gasteiger partial charge in [0.15, 0.2) is 11.2 Å². The van der Waals surface area contributed by atoms with Gasteiger partial charge < -0.3 is 9.64 Å². The first-order valence-electron chi connectivity index (χ1n) is 11.5. The van der Waals surface area contributed by atoms with Crippen molar-refractivity contribution in [3.8, 4) is 6.07 Å². The van der Waals surface area contributed by atoms with Gasteiger partial charge in [-0.3, -0.25) is 9.59 Å². The lowest BCUT2D eigenvalue weighted by Crippen LogP contribution is -2.47. The van der Waals surface area contributed by atoms with E-state index in [0.29, 0.717) is 11.1 Å². The Kier molecular flexibility index (Phi) is 5.70. The molecule has 0 aliphatic carbocycles. The smallest absolute Gasteiger partial charge is 0.329 e. The fraction of sp³-hybridized carbons (Fsp3) is 0.207. The Bertz CT molecular complexity index is 1350. The van der Waals surface area contributed by atoms with Crippen molar-refractivity contribution in [2.45, 2.75) is 24.9 Å². The van der Waals surface area contributed by atoms with Crippen LogP contribution in [0.5, 0.6) is 0 Å². The standard InChI is InChI=1S/C29H23FN2O3/c1-2-35-28(34)29(18-31)24-17-14-19-8-6-7-11-23(19)32(24)26(27(33)21-9-4-3-5-10-21)25(29)20-12-15-22(30)16-13-20/h3-17,24-26H,2H2,1H3/t24-,25-,26+,29+/m1/s1. The summed E-state index contributed by atoms with van der Waals surface area (Å²) in [4.78, 5) is 29.6. The summed E-state index contributed by atoms with van der Waals surface area (Å²) in [5, 5.41) is 10.7. The number of rotatable bonds is 5. The lowest BCUT2D eigenvalue weighted by atomic mass is 9.68. The maximum atomic E-state index is 14.1. The minimum atomic E-state index is -1.73. The molecule has 0 spiro atoms. The zero-order chi connectivity index (χ0) is 24.6. The molecule has 0 unspecified atom stereocenters. The van der Waals surface area contributed by atoms with Gasteiger partial charge in [0, 0.05) is 17.2 Å². The van der Waals surface area contributed by atoms with Crippen LogP contribution in [0.15, 0.2) is 84.9 Å². The highest BCUT2D eigenvalue weighted by molar-refractivity contribution is 6.06. The van der Waals surface area contributed by atoms with E-state index in [9.17, 15) is 19.2 Å². The fourth-order valence-corrected chi connectivity index (χ4v) is 5.43. The van der Waals surface area contributed by atoms with Crippen LogP contribution in [0.25, 0.3) is 6.08 Å². The van der Waals surface area contributed by atoms with Crippen molar-refractivity contribution < 1.29 is 18.7 Å². The lowest BCUT2D eigenvalue weighted by molar-refractivity contribution is -0.152. The number of Topliss-reactive ketones (excluding diaryl/α,β-unsaturated/α-hetero) is 1. The summed E-state index contributed by atoms with van der Waals surface area (Å²) in [6, 6.07) is 22.7. The van der Waals surface area contributed by atoms with E-state index in [-0.39, 0.29) is 12.4 Å². The van der Waals surface area contributed by atoms with Crippen LogP contribution in [0.3, 0.4) is 0 Å². The average molecular weight is 467 g/mol. The van der Waals surface area contributed by atoms with Gasteiger partial charge in [-0.1, -0.05) is 72.8 Å². The molecule has 35 heavy (non-hydrogen) atoms. The molecule has 0 bridgehead atoms. The number of nitrogens with zero attached hydrogens (tertiary/aromatic N) is 2. The molecule has 1 fully saturated rings. The van der Waals surface area contributed by atoms with Crippen molar-refractivity contribution in [1.29, 1.82) is 5.26 Å². The third-order valence-corrected chi connectivity index (χ3v) is 6.90. The molecule has 4 atom stereocenters. The second-order valence-electron chi connectivity index (χ2n) is 8.68.